The summed E-state index contributed by atoms with van der Waals surface area (Å²) in [5, 5.41) is 3.02. The second-order valence-corrected chi connectivity index (χ2v) is 19.4. The summed E-state index contributed by atoms with van der Waals surface area (Å²) >= 11 is 7.80. The van der Waals surface area contributed by atoms with Crippen LogP contribution in [0.15, 0.2) is 78.9 Å². The molecule has 0 aromatic heterocycles. The Bertz CT molecular complexity index is 1190. The van der Waals surface area contributed by atoms with Crippen LogP contribution in [0.3, 0.4) is 0 Å². The van der Waals surface area contributed by atoms with Gasteiger partial charge in [-0.15, -0.1) is 0 Å². The van der Waals surface area contributed by atoms with E-state index in [2.05, 4.69) is 81.5 Å². The van der Waals surface area contributed by atoms with Crippen molar-refractivity contribution in [2.24, 2.45) is 0 Å². The molecule has 0 aliphatic rings. The Morgan fingerprint density at radius 2 is 1.38 bits per heavy atom. The zero-order chi connectivity index (χ0) is 28.2. The van der Waals surface area contributed by atoms with Crippen LogP contribution in [0, 0.1) is 6.92 Å². The number of carbonyl (C=O) groups is 1. The molecule has 1 amide bonds. The summed E-state index contributed by atoms with van der Waals surface area (Å²) in [7, 11) is 0. The summed E-state index contributed by atoms with van der Waals surface area (Å²) in [5.41, 5.74) is 6.66. The third-order valence-corrected chi connectivity index (χ3v) is 15.0. The molecule has 0 atom stereocenters. The van der Waals surface area contributed by atoms with Crippen LogP contribution < -0.4 is 5.32 Å². The third-order valence-electron chi connectivity index (χ3n) is 7.71. The molecule has 3 aromatic rings. The third kappa shape index (κ3) is 9.63. The van der Waals surface area contributed by atoms with E-state index in [1.165, 1.54) is 73.7 Å². The molecule has 0 spiro atoms. The number of benzene rings is 3. The Hall–Kier alpha value is -2.41. The summed E-state index contributed by atoms with van der Waals surface area (Å²) in [6.45, 7) is 8.90. The Labute approximate surface area is 242 Å². The van der Waals surface area contributed by atoms with Crippen LogP contribution in [0.1, 0.15) is 76.0 Å². The van der Waals surface area contributed by atoms with Crippen molar-refractivity contribution in [3.05, 3.63) is 95.6 Å². The number of anilines is 1. The van der Waals surface area contributed by atoms with Gasteiger partial charge in [0.05, 0.1) is 0 Å². The zero-order valence-electron chi connectivity index (χ0n) is 24.4. The minimum atomic E-state index is -2.35. The summed E-state index contributed by atoms with van der Waals surface area (Å²) in [4.78, 5) is 12.7. The molecule has 1 N–H and O–H groups in total. The van der Waals surface area contributed by atoms with Gasteiger partial charge in [-0.1, -0.05) is 35.9 Å². The number of hydrogen-bond donors (Lipinski definition) is 1. The van der Waals surface area contributed by atoms with Gasteiger partial charge >= 0.3 is 194 Å². The normalized spacial score (nSPS) is 12.8. The average molecular weight is 564 g/mol. The van der Waals surface area contributed by atoms with E-state index in [1.54, 1.807) is 6.08 Å². The second-order valence-electron chi connectivity index (χ2n) is 11.2. The van der Waals surface area contributed by atoms with Gasteiger partial charge < -0.3 is 0 Å². The van der Waals surface area contributed by atoms with Gasteiger partial charge in [-0.2, -0.15) is 0 Å². The maximum absolute atomic E-state index is 12.7. The first-order chi connectivity index (χ1) is 18.8. The van der Waals surface area contributed by atoms with Gasteiger partial charge in [0.15, 0.2) is 0 Å². The number of hydrogen-bond acceptors (Lipinski definition) is 1. The molecule has 0 aliphatic heterocycles. The molecule has 0 radical (unpaired) electrons. The van der Waals surface area contributed by atoms with Crippen molar-refractivity contribution in [3.8, 4) is 11.1 Å². The predicted octanol–water partition coefficient (Wildman–Crippen LogP) is 10.9. The van der Waals surface area contributed by atoms with Crippen LogP contribution in [0.25, 0.3) is 17.2 Å². The molecule has 0 saturated carbocycles. The van der Waals surface area contributed by atoms with E-state index in [4.69, 9.17) is 11.2 Å². The van der Waals surface area contributed by atoms with Gasteiger partial charge in [-0.25, -0.2) is 0 Å². The molecule has 3 aromatic carbocycles. The van der Waals surface area contributed by atoms with E-state index in [1.807, 2.05) is 30.3 Å². The number of carbonyl (C=O) groups excluding carboxylic acids is 1. The number of amides is 1. The van der Waals surface area contributed by atoms with E-state index < -0.39 is 5.96 Å². The van der Waals surface area contributed by atoms with Crippen molar-refractivity contribution in [1.29, 1.82) is 0 Å². The first kappa shape index (κ1) is 31.1. The summed E-state index contributed by atoms with van der Waals surface area (Å²) in [5.74, 6) is -2.48. The van der Waals surface area contributed by atoms with Crippen molar-refractivity contribution in [1.82, 2.24) is 0 Å². The van der Waals surface area contributed by atoms with Crippen molar-refractivity contribution >= 4 is 34.9 Å². The molecule has 0 heterocycles. The standard InChI is InChI=1S/C35H47ClNOP/c1-5-8-24-39(36,25-9-6-2,26-10-7-3)28-31-16-21-34(22-17-31)37-35(38)23-18-30-12-11-13-33(27-30)32-19-14-29(4)15-20-32/h11-23,27H,5-10,24-26,28H2,1-4H3,(H,37,38). The molecule has 2 nitrogen and oxygen atoms in total. The van der Waals surface area contributed by atoms with E-state index >= 15 is 0 Å². The molecular weight excluding hydrogens is 517 g/mol. The SMILES string of the molecule is CCCCP(Cl)(CCCC)(CCCC)Cc1ccc(NC(=O)C=Cc2cccc(-c3ccc(C)cc3)c2)cc1. The maximum atomic E-state index is 12.7. The first-order valence-electron chi connectivity index (χ1n) is 14.7. The molecule has 0 fully saturated rings. The molecule has 4 heteroatoms. The van der Waals surface area contributed by atoms with Gasteiger partial charge in [0.1, 0.15) is 0 Å². The topological polar surface area (TPSA) is 29.1 Å². The van der Waals surface area contributed by atoms with Crippen LogP contribution in [-0.2, 0) is 11.0 Å². The monoisotopic (exact) mass is 563 g/mol. The first-order valence-corrected chi connectivity index (χ1v) is 18.6. The van der Waals surface area contributed by atoms with Crippen LogP contribution in [0.4, 0.5) is 5.69 Å². The molecule has 0 aliphatic carbocycles. The summed E-state index contributed by atoms with van der Waals surface area (Å²) in [6.07, 6.45) is 15.2. The molecule has 0 saturated heterocycles. The molecule has 0 bridgehead atoms. The van der Waals surface area contributed by atoms with Gasteiger partial charge in [-0.3, -0.25) is 0 Å². The molecule has 3 rings (SSSR count). The Morgan fingerprint density at radius 3 is 1.95 bits per heavy atom. The molecule has 0 unspecified atom stereocenters. The fourth-order valence-corrected chi connectivity index (χ4v) is 12.4. The van der Waals surface area contributed by atoms with E-state index in [0.29, 0.717) is 0 Å². The quantitative estimate of drug-likeness (QED) is 0.144. The fraction of sp³-hybridized carbons (Fsp3) is 0.400. The van der Waals surface area contributed by atoms with Crippen molar-refractivity contribution in [2.75, 3.05) is 23.8 Å². The molecule has 39 heavy (non-hydrogen) atoms. The molecular formula is C35H47ClNOP. The number of halogens is 1. The number of nitrogens with one attached hydrogen (secondary N) is 1. The van der Waals surface area contributed by atoms with Crippen molar-refractivity contribution in [2.45, 2.75) is 72.4 Å². The van der Waals surface area contributed by atoms with E-state index in [-0.39, 0.29) is 5.91 Å². The van der Waals surface area contributed by atoms with Crippen LogP contribution >= 0.6 is 17.2 Å². The summed E-state index contributed by atoms with van der Waals surface area (Å²) < 4.78 is 0. The van der Waals surface area contributed by atoms with Gasteiger partial charge in [-0.05, 0) is 12.5 Å². The van der Waals surface area contributed by atoms with Gasteiger partial charge in [0.2, 0.25) is 0 Å². The van der Waals surface area contributed by atoms with Crippen LogP contribution in [0.5, 0.6) is 0 Å². The van der Waals surface area contributed by atoms with Gasteiger partial charge in [0.25, 0.3) is 0 Å². The van der Waals surface area contributed by atoms with Gasteiger partial charge in [0, 0.05) is 0 Å². The number of rotatable bonds is 15. The number of unbranched alkanes of at least 4 members (excludes halogenated alkanes) is 3. The second kappa shape index (κ2) is 14.8. The fourth-order valence-electron chi connectivity index (χ4n) is 5.31. The van der Waals surface area contributed by atoms with Crippen molar-refractivity contribution in [3.63, 3.8) is 0 Å². The van der Waals surface area contributed by atoms with E-state index in [9.17, 15) is 4.79 Å². The number of aryl methyl sites for hydroxylation is 1. The van der Waals surface area contributed by atoms with E-state index in [0.717, 1.165) is 23.0 Å². The Balaban J connectivity index is 1.67. The molecule has 210 valence electrons. The Kier molecular flexibility index (Phi) is 11.8. The van der Waals surface area contributed by atoms with Crippen LogP contribution in [0.2, 0.25) is 0 Å². The predicted molar refractivity (Wildman–Crippen MR) is 177 cm³/mol. The zero-order valence-corrected chi connectivity index (χ0v) is 26.0. The minimum absolute atomic E-state index is 0.130. The van der Waals surface area contributed by atoms with Crippen LogP contribution in [-0.4, -0.2) is 24.4 Å². The Morgan fingerprint density at radius 1 is 0.795 bits per heavy atom. The average Bonchev–Trinajstić information content (AvgIpc) is 2.95. The van der Waals surface area contributed by atoms with Crippen molar-refractivity contribution < 1.29 is 4.79 Å². The summed E-state index contributed by atoms with van der Waals surface area (Å²) in [6, 6.07) is 25.1.